The first-order chi connectivity index (χ1) is 7.34. The monoisotopic (exact) mass is 206 g/mol. The Bertz CT molecular complexity index is 414. The molecule has 0 atom stereocenters. The maximum Gasteiger partial charge on any atom is 0.141 e. The van der Waals surface area contributed by atoms with Crippen molar-refractivity contribution in [3.63, 3.8) is 0 Å². The zero-order chi connectivity index (χ0) is 10.5. The summed E-state index contributed by atoms with van der Waals surface area (Å²) >= 11 is 0. The molecule has 15 heavy (non-hydrogen) atoms. The quantitative estimate of drug-likeness (QED) is 0.832. The summed E-state index contributed by atoms with van der Waals surface area (Å²) in [6, 6.07) is 5.18. The van der Waals surface area contributed by atoms with E-state index in [0.717, 1.165) is 11.3 Å². The third-order valence-corrected chi connectivity index (χ3v) is 1.97. The minimum absolute atomic E-state index is 0.313. The Morgan fingerprint density at radius 2 is 2.27 bits per heavy atom. The molecule has 2 rings (SSSR count). The highest BCUT2D eigenvalue weighted by molar-refractivity contribution is 5.10. The molecule has 0 saturated heterocycles. The van der Waals surface area contributed by atoms with Crippen LogP contribution in [0.1, 0.15) is 11.3 Å². The van der Waals surface area contributed by atoms with Crippen LogP contribution in [-0.2, 0) is 13.1 Å². The maximum absolute atomic E-state index is 12.8. The number of furan rings is 1. The summed E-state index contributed by atoms with van der Waals surface area (Å²) in [5.74, 6) is 0.548. The van der Waals surface area contributed by atoms with Crippen LogP contribution in [0.2, 0.25) is 0 Å². The van der Waals surface area contributed by atoms with Gasteiger partial charge in [-0.15, -0.1) is 0 Å². The molecule has 3 nitrogen and oxygen atoms in total. The van der Waals surface area contributed by atoms with Gasteiger partial charge in [0, 0.05) is 12.7 Å². The Labute approximate surface area is 86.9 Å². The van der Waals surface area contributed by atoms with Gasteiger partial charge in [-0.3, -0.25) is 4.98 Å². The van der Waals surface area contributed by atoms with Gasteiger partial charge in [-0.1, -0.05) is 0 Å². The highest BCUT2D eigenvalue weighted by atomic mass is 19.1. The summed E-state index contributed by atoms with van der Waals surface area (Å²) in [6.07, 6.45) is 4.45. The molecule has 2 heterocycles. The van der Waals surface area contributed by atoms with Crippen LogP contribution in [0.5, 0.6) is 0 Å². The molecule has 0 aliphatic rings. The van der Waals surface area contributed by atoms with E-state index in [1.165, 1.54) is 12.3 Å². The van der Waals surface area contributed by atoms with Crippen LogP contribution in [0.3, 0.4) is 0 Å². The molecule has 78 valence electrons. The second-order valence-corrected chi connectivity index (χ2v) is 3.19. The largest absolute Gasteiger partial charge is 0.468 e. The summed E-state index contributed by atoms with van der Waals surface area (Å²) in [5, 5.41) is 3.13. The molecule has 4 heteroatoms. The van der Waals surface area contributed by atoms with Gasteiger partial charge >= 0.3 is 0 Å². The Kier molecular flexibility index (Phi) is 3.09. The highest BCUT2D eigenvalue weighted by Gasteiger charge is 1.97. The standard InChI is InChI=1S/C11H11FN2O/c12-10-4-9(5-13-7-10)6-14-8-11-2-1-3-15-11/h1-5,7,14H,6,8H2. The van der Waals surface area contributed by atoms with Crippen molar-refractivity contribution in [1.29, 1.82) is 0 Å². The average molecular weight is 206 g/mol. The van der Waals surface area contributed by atoms with Gasteiger partial charge in [0.15, 0.2) is 0 Å². The summed E-state index contributed by atoms with van der Waals surface area (Å²) in [6.45, 7) is 1.20. The van der Waals surface area contributed by atoms with E-state index in [9.17, 15) is 4.39 Å². The van der Waals surface area contributed by atoms with E-state index in [2.05, 4.69) is 10.3 Å². The Hall–Kier alpha value is -1.68. The summed E-state index contributed by atoms with van der Waals surface area (Å²) in [5.41, 5.74) is 0.821. The second kappa shape index (κ2) is 4.70. The lowest BCUT2D eigenvalue weighted by Gasteiger charge is -2.02. The number of rotatable bonds is 4. The van der Waals surface area contributed by atoms with Crippen molar-refractivity contribution in [1.82, 2.24) is 10.3 Å². The van der Waals surface area contributed by atoms with Gasteiger partial charge in [0.1, 0.15) is 11.6 Å². The van der Waals surface area contributed by atoms with Crippen molar-refractivity contribution in [2.75, 3.05) is 0 Å². The molecule has 0 saturated carbocycles. The van der Waals surface area contributed by atoms with E-state index < -0.39 is 0 Å². The van der Waals surface area contributed by atoms with Gasteiger partial charge in [0.25, 0.3) is 0 Å². The van der Waals surface area contributed by atoms with Crippen LogP contribution in [0.15, 0.2) is 41.3 Å². The smallest absolute Gasteiger partial charge is 0.141 e. The number of aromatic nitrogens is 1. The first-order valence-corrected chi connectivity index (χ1v) is 4.67. The number of nitrogens with zero attached hydrogens (tertiary/aromatic N) is 1. The summed E-state index contributed by atoms with van der Waals surface area (Å²) in [7, 11) is 0. The molecule has 0 aromatic carbocycles. The molecule has 0 unspecified atom stereocenters. The van der Waals surface area contributed by atoms with Crippen molar-refractivity contribution >= 4 is 0 Å². The van der Waals surface area contributed by atoms with Gasteiger partial charge in [-0.25, -0.2) is 4.39 Å². The number of hydrogen-bond acceptors (Lipinski definition) is 3. The van der Waals surface area contributed by atoms with Crippen molar-refractivity contribution < 1.29 is 8.81 Å². The first-order valence-electron chi connectivity index (χ1n) is 4.67. The minimum atomic E-state index is -0.313. The lowest BCUT2D eigenvalue weighted by Crippen LogP contribution is -2.12. The van der Waals surface area contributed by atoms with Crippen molar-refractivity contribution in [2.24, 2.45) is 0 Å². The fourth-order valence-corrected chi connectivity index (χ4v) is 1.30. The molecule has 0 aliphatic carbocycles. The van der Waals surface area contributed by atoms with Gasteiger partial charge in [-0.2, -0.15) is 0 Å². The van der Waals surface area contributed by atoms with Crippen LogP contribution < -0.4 is 5.32 Å². The molecular formula is C11H11FN2O. The van der Waals surface area contributed by atoms with Gasteiger partial charge in [-0.05, 0) is 23.8 Å². The molecule has 1 N–H and O–H groups in total. The van der Waals surface area contributed by atoms with E-state index in [-0.39, 0.29) is 5.82 Å². The average Bonchev–Trinajstić information content (AvgIpc) is 2.71. The third kappa shape index (κ3) is 2.89. The SMILES string of the molecule is Fc1cncc(CNCc2ccco2)c1. The molecule has 0 bridgehead atoms. The molecular weight excluding hydrogens is 195 g/mol. The van der Waals surface area contributed by atoms with E-state index in [1.54, 1.807) is 12.5 Å². The second-order valence-electron chi connectivity index (χ2n) is 3.19. The van der Waals surface area contributed by atoms with E-state index in [1.807, 2.05) is 12.1 Å². The number of halogens is 1. The zero-order valence-corrected chi connectivity index (χ0v) is 8.11. The van der Waals surface area contributed by atoms with Crippen molar-refractivity contribution in [3.8, 4) is 0 Å². The van der Waals surface area contributed by atoms with Crippen LogP contribution in [-0.4, -0.2) is 4.98 Å². The first kappa shape index (κ1) is 9.86. The fraction of sp³-hybridized carbons (Fsp3) is 0.182. The van der Waals surface area contributed by atoms with E-state index in [0.29, 0.717) is 13.1 Å². The lowest BCUT2D eigenvalue weighted by atomic mass is 10.3. The summed E-state index contributed by atoms with van der Waals surface area (Å²) in [4.78, 5) is 3.76. The zero-order valence-electron chi connectivity index (χ0n) is 8.11. The third-order valence-electron chi connectivity index (χ3n) is 1.97. The Morgan fingerprint density at radius 1 is 1.33 bits per heavy atom. The normalized spacial score (nSPS) is 10.5. The van der Waals surface area contributed by atoms with Crippen molar-refractivity contribution in [3.05, 3.63) is 54.0 Å². The number of pyridine rings is 1. The molecule has 0 fully saturated rings. The van der Waals surface area contributed by atoms with Crippen molar-refractivity contribution in [2.45, 2.75) is 13.1 Å². The molecule has 2 aromatic rings. The lowest BCUT2D eigenvalue weighted by molar-refractivity contribution is 0.482. The van der Waals surface area contributed by atoms with Gasteiger partial charge < -0.3 is 9.73 Å². The number of nitrogens with one attached hydrogen (secondary N) is 1. The Balaban J connectivity index is 1.83. The molecule has 0 aliphatic heterocycles. The predicted molar refractivity (Wildman–Crippen MR) is 53.4 cm³/mol. The predicted octanol–water partition coefficient (Wildman–Crippen LogP) is 2.10. The van der Waals surface area contributed by atoms with Gasteiger partial charge in [0.2, 0.25) is 0 Å². The Morgan fingerprint density at radius 3 is 3.00 bits per heavy atom. The van der Waals surface area contributed by atoms with Crippen LogP contribution in [0, 0.1) is 5.82 Å². The van der Waals surface area contributed by atoms with Crippen LogP contribution >= 0.6 is 0 Å². The number of hydrogen-bond donors (Lipinski definition) is 1. The van der Waals surface area contributed by atoms with Crippen LogP contribution in [0.4, 0.5) is 4.39 Å². The maximum atomic E-state index is 12.8. The van der Waals surface area contributed by atoms with Crippen LogP contribution in [0.25, 0.3) is 0 Å². The molecule has 0 amide bonds. The van der Waals surface area contributed by atoms with E-state index in [4.69, 9.17) is 4.42 Å². The molecule has 0 spiro atoms. The van der Waals surface area contributed by atoms with Gasteiger partial charge in [0.05, 0.1) is 19.0 Å². The topological polar surface area (TPSA) is 38.1 Å². The molecule has 2 aromatic heterocycles. The molecule has 0 radical (unpaired) electrons. The fourth-order valence-electron chi connectivity index (χ4n) is 1.30. The highest BCUT2D eigenvalue weighted by Crippen LogP contribution is 2.02. The minimum Gasteiger partial charge on any atom is -0.468 e. The van der Waals surface area contributed by atoms with E-state index >= 15 is 0 Å². The summed E-state index contributed by atoms with van der Waals surface area (Å²) < 4.78 is 17.9.